The molecule has 2 heterocycles. The van der Waals surface area contributed by atoms with Gasteiger partial charge in [0.25, 0.3) is 0 Å². The normalized spacial score (nSPS) is 15.8. The fourth-order valence-electron chi connectivity index (χ4n) is 4.46. The molecule has 0 saturated heterocycles. The number of rotatable bonds is 3. The summed E-state index contributed by atoms with van der Waals surface area (Å²) in [6.45, 7) is 1.93. The summed E-state index contributed by atoms with van der Waals surface area (Å²) in [5.41, 5.74) is 9.88. The van der Waals surface area contributed by atoms with Crippen molar-refractivity contribution in [3.63, 3.8) is 0 Å². The number of fused-ring (bicyclic) bond motifs is 2. The Morgan fingerprint density at radius 2 is 1.57 bits per heavy atom. The van der Waals surface area contributed by atoms with Crippen LogP contribution in [0.5, 0.6) is 0 Å². The third kappa shape index (κ3) is 2.96. The molecule has 30 heavy (non-hydrogen) atoms. The number of aryl methyl sites for hydroxylation is 1. The number of aromatic nitrogens is 3. The predicted molar refractivity (Wildman–Crippen MR) is 118 cm³/mol. The second kappa shape index (κ2) is 7.09. The fraction of sp³-hybridized carbons (Fsp3) is 0.304. The van der Waals surface area contributed by atoms with Gasteiger partial charge >= 0.3 is 0 Å². The first kappa shape index (κ1) is 19.1. The van der Waals surface area contributed by atoms with E-state index in [0.717, 1.165) is 36.8 Å². The van der Waals surface area contributed by atoms with E-state index in [1.807, 2.05) is 35.8 Å². The van der Waals surface area contributed by atoms with Crippen LogP contribution in [0.2, 0.25) is 0 Å². The van der Waals surface area contributed by atoms with Crippen molar-refractivity contribution in [2.24, 2.45) is 0 Å². The lowest BCUT2D eigenvalue weighted by molar-refractivity contribution is 0.362. The summed E-state index contributed by atoms with van der Waals surface area (Å²) in [5.74, 6) is 0.243. The average molecular weight is 421 g/mol. The van der Waals surface area contributed by atoms with Gasteiger partial charge in [-0.15, -0.1) is 0 Å². The largest absolute Gasteiger partial charge is 0.384 e. The highest BCUT2D eigenvalue weighted by Crippen LogP contribution is 2.40. The molecule has 0 aliphatic heterocycles. The summed E-state index contributed by atoms with van der Waals surface area (Å²) in [4.78, 5) is 9.83. The highest BCUT2D eigenvalue weighted by atomic mass is 32.2. The zero-order valence-corrected chi connectivity index (χ0v) is 17.7. The second-order valence-electron chi connectivity index (χ2n) is 8.08. The maximum atomic E-state index is 13.7. The summed E-state index contributed by atoms with van der Waals surface area (Å²) in [6.07, 6.45) is 5.33. The zero-order valence-electron chi connectivity index (χ0n) is 16.9. The minimum Gasteiger partial charge on any atom is -0.384 e. The van der Waals surface area contributed by atoms with E-state index < -0.39 is 9.84 Å². The molecule has 0 atom stereocenters. The lowest BCUT2D eigenvalue weighted by Crippen LogP contribution is -2.16. The third-order valence-corrected chi connectivity index (χ3v) is 7.86. The van der Waals surface area contributed by atoms with Crippen molar-refractivity contribution in [1.82, 2.24) is 14.5 Å². The molecular formula is C23H24N4O2S. The number of para-hydroxylation sites is 2. The van der Waals surface area contributed by atoms with E-state index in [1.165, 1.54) is 6.42 Å². The van der Waals surface area contributed by atoms with Crippen molar-refractivity contribution in [2.45, 2.75) is 54.9 Å². The van der Waals surface area contributed by atoms with Gasteiger partial charge in [0.15, 0.2) is 5.65 Å². The molecule has 0 bridgehead atoms. The molecule has 0 spiro atoms. The van der Waals surface area contributed by atoms with Gasteiger partial charge in [0.2, 0.25) is 9.84 Å². The number of hydrogen-bond donors (Lipinski definition) is 1. The minimum absolute atomic E-state index is 0.0742. The van der Waals surface area contributed by atoms with Crippen LogP contribution in [0.1, 0.15) is 43.7 Å². The van der Waals surface area contributed by atoms with Crippen LogP contribution in [-0.2, 0) is 9.84 Å². The maximum Gasteiger partial charge on any atom is 0.212 e. The molecule has 0 radical (unpaired) electrons. The van der Waals surface area contributed by atoms with E-state index in [4.69, 9.17) is 15.7 Å². The number of anilines is 1. The molecule has 7 heteroatoms. The van der Waals surface area contributed by atoms with Crippen molar-refractivity contribution >= 4 is 37.9 Å². The van der Waals surface area contributed by atoms with E-state index in [9.17, 15) is 8.42 Å². The predicted octanol–water partition coefficient (Wildman–Crippen LogP) is 4.81. The first-order valence-corrected chi connectivity index (χ1v) is 11.8. The smallest absolute Gasteiger partial charge is 0.212 e. The molecule has 5 rings (SSSR count). The highest BCUT2D eigenvalue weighted by molar-refractivity contribution is 7.92. The fourth-order valence-corrected chi connectivity index (χ4v) is 5.96. The Bertz CT molecular complexity index is 1350. The van der Waals surface area contributed by atoms with Crippen LogP contribution in [0.3, 0.4) is 0 Å². The van der Waals surface area contributed by atoms with Crippen LogP contribution in [0.25, 0.3) is 22.2 Å². The zero-order chi connectivity index (χ0) is 20.9. The van der Waals surface area contributed by atoms with Crippen LogP contribution in [0.15, 0.2) is 58.3 Å². The summed E-state index contributed by atoms with van der Waals surface area (Å²) < 4.78 is 29.2. The van der Waals surface area contributed by atoms with Gasteiger partial charge in [-0.3, -0.25) is 0 Å². The van der Waals surface area contributed by atoms with Crippen LogP contribution in [-0.4, -0.2) is 23.0 Å². The first-order chi connectivity index (χ1) is 14.5. The van der Waals surface area contributed by atoms with Gasteiger partial charge in [0, 0.05) is 6.04 Å². The molecule has 2 N–H and O–H groups in total. The van der Waals surface area contributed by atoms with Crippen molar-refractivity contribution in [2.75, 3.05) is 5.73 Å². The molecule has 0 unspecified atom stereocenters. The third-order valence-electron chi connectivity index (χ3n) is 6.03. The van der Waals surface area contributed by atoms with E-state index in [2.05, 4.69) is 0 Å². The maximum absolute atomic E-state index is 13.7. The van der Waals surface area contributed by atoms with Crippen LogP contribution in [0, 0.1) is 6.92 Å². The van der Waals surface area contributed by atoms with Gasteiger partial charge in [0.1, 0.15) is 16.2 Å². The van der Waals surface area contributed by atoms with Crippen molar-refractivity contribution in [1.29, 1.82) is 0 Å². The van der Waals surface area contributed by atoms with Crippen LogP contribution < -0.4 is 5.73 Å². The van der Waals surface area contributed by atoms with E-state index in [1.54, 1.807) is 24.3 Å². The summed E-state index contributed by atoms with van der Waals surface area (Å²) in [6, 6.07) is 14.5. The molecule has 4 aromatic rings. The Balaban J connectivity index is 1.83. The molecule has 154 valence electrons. The number of nitrogen functional groups attached to an aromatic ring is 1. The summed E-state index contributed by atoms with van der Waals surface area (Å²) in [7, 11) is -3.85. The minimum atomic E-state index is -3.85. The molecule has 6 nitrogen and oxygen atoms in total. The van der Waals surface area contributed by atoms with Crippen LogP contribution >= 0.6 is 0 Å². The van der Waals surface area contributed by atoms with Gasteiger partial charge in [0.05, 0.1) is 15.9 Å². The number of nitrogens with two attached hydrogens (primary N) is 1. The summed E-state index contributed by atoms with van der Waals surface area (Å²) >= 11 is 0. The number of hydrogen-bond acceptors (Lipinski definition) is 5. The molecule has 2 aromatic carbocycles. The lowest BCUT2D eigenvalue weighted by atomic mass is 9.95. The van der Waals surface area contributed by atoms with Crippen LogP contribution in [0.4, 0.5) is 5.82 Å². The van der Waals surface area contributed by atoms with E-state index >= 15 is 0 Å². The molecule has 1 aliphatic rings. The monoisotopic (exact) mass is 420 g/mol. The molecule has 1 aliphatic carbocycles. The van der Waals surface area contributed by atoms with Crippen molar-refractivity contribution in [3.8, 4) is 0 Å². The lowest BCUT2D eigenvalue weighted by Gasteiger charge is -2.25. The van der Waals surface area contributed by atoms with Gasteiger partial charge in [-0.25, -0.2) is 18.4 Å². The highest BCUT2D eigenvalue weighted by Gasteiger charge is 2.32. The van der Waals surface area contributed by atoms with Gasteiger partial charge in [-0.1, -0.05) is 49.1 Å². The second-order valence-corrected chi connectivity index (χ2v) is 9.96. The topological polar surface area (TPSA) is 90.9 Å². The Kier molecular flexibility index (Phi) is 4.50. The Hall–Kier alpha value is -2.93. The van der Waals surface area contributed by atoms with Gasteiger partial charge in [-0.05, 0) is 44.0 Å². The number of nitrogens with zero attached hydrogens (tertiary/aromatic N) is 3. The number of benzene rings is 2. The summed E-state index contributed by atoms with van der Waals surface area (Å²) in [5, 5.41) is 0. The quantitative estimate of drug-likeness (QED) is 0.513. The SMILES string of the molecule is Cc1ccc(S(=O)(=O)c2c(N)n(C3CCCCC3)c3nc4ccccc4nc23)cc1. The number of sulfone groups is 1. The van der Waals surface area contributed by atoms with E-state index in [-0.39, 0.29) is 21.7 Å². The molecule has 2 aromatic heterocycles. The van der Waals surface area contributed by atoms with E-state index in [0.29, 0.717) is 16.7 Å². The van der Waals surface area contributed by atoms with Gasteiger partial charge in [-0.2, -0.15) is 0 Å². The first-order valence-electron chi connectivity index (χ1n) is 10.3. The molecule has 0 amide bonds. The van der Waals surface area contributed by atoms with Crippen molar-refractivity contribution < 1.29 is 8.42 Å². The standard InChI is InChI=1S/C23H24N4O2S/c1-15-11-13-17(14-12-15)30(28,29)21-20-23(26-19-10-6-5-9-18(19)25-20)27(22(21)24)16-7-3-2-4-8-16/h5-6,9-14,16H,2-4,7-8,24H2,1H3. The molecule has 1 fully saturated rings. The molecule has 1 saturated carbocycles. The Labute approximate surface area is 175 Å². The Morgan fingerprint density at radius 3 is 2.23 bits per heavy atom. The average Bonchev–Trinajstić information content (AvgIpc) is 3.04. The van der Waals surface area contributed by atoms with Crippen molar-refractivity contribution in [3.05, 3.63) is 54.1 Å². The van der Waals surface area contributed by atoms with Gasteiger partial charge < -0.3 is 10.3 Å². The molecular weight excluding hydrogens is 396 g/mol. The Morgan fingerprint density at radius 1 is 0.933 bits per heavy atom.